The van der Waals surface area contributed by atoms with Crippen molar-refractivity contribution in [1.82, 2.24) is 5.32 Å². The molecule has 0 saturated heterocycles. The molecular weight excluding hydrogens is 490 g/mol. The minimum Gasteiger partial charge on any atom is -0.488 e. The van der Waals surface area contributed by atoms with E-state index in [1.807, 2.05) is 30.3 Å². The van der Waals surface area contributed by atoms with E-state index in [4.69, 9.17) is 4.74 Å². The van der Waals surface area contributed by atoms with Crippen LogP contribution < -0.4 is 10.1 Å². The lowest BCUT2D eigenvalue weighted by Gasteiger charge is -2.22. The summed E-state index contributed by atoms with van der Waals surface area (Å²) in [5.74, 6) is 0.512. The zero-order valence-electron chi connectivity index (χ0n) is 22.8. The highest BCUT2D eigenvalue weighted by Crippen LogP contribution is 2.37. The van der Waals surface area contributed by atoms with Crippen LogP contribution in [0.15, 0.2) is 121 Å². The molecule has 0 radical (unpaired) electrons. The van der Waals surface area contributed by atoms with Crippen LogP contribution in [0.1, 0.15) is 42.4 Å². The first-order chi connectivity index (χ1) is 19.7. The fourth-order valence-corrected chi connectivity index (χ4v) is 5.73. The van der Waals surface area contributed by atoms with E-state index in [0.717, 1.165) is 46.1 Å². The zero-order chi connectivity index (χ0) is 27.3. The lowest BCUT2D eigenvalue weighted by atomic mass is 9.90. The van der Waals surface area contributed by atoms with Crippen LogP contribution >= 0.6 is 0 Å². The van der Waals surface area contributed by atoms with Gasteiger partial charge in [0.15, 0.2) is 0 Å². The normalized spacial score (nSPS) is 12.0. The molecule has 6 rings (SSSR count). The van der Waals surface area contributed by atoms with Gasteiger partial charge in [-0.15, -0.1) is 0 Å². The maximum Gasteiger partial charge on any atom is 0.227 e. The van der Waals surface area contributed by atoms with Crippen molar-refractivity contribution in [2.75, 3.05) is 0 Å². The van der Waals surface area contributed by atoms with Crippen LogP contribution in [-0.2, 0) is 17.9 Å². The van der Waals surface area contributed by atoms with Crippen LogP contribution in [0.4, 0.5) is 0 Å². The topological polar surface area (TPSA) is 38.3 Å². The van der Waals surface area contributed by atoms with Crippen LogP contribution in [0, 0.1) is 0 Å². The van der Waals surface area contributed by atoms with Crippen molar-refractivity contribution in [2.45, 2.75) is 38.8 Å². The Hall–Kier alpha value is -4.63. The highest BCUT2D eigenvalue weighted by atomic mass is 16.5. The molecule has 6 aromatic rings. The van der Waals surface area contributed by atoms with Gasteiger partial charge in [0.1, 0.15) is 12.4 Å². The summed E-state index contributed by atoms with van der Waals surface area (Å²) < 4.78 is 6.50. The maximum atomic E-state index is 13.9. The van der Waals surface area contributed by atoms with E-state index in [2.05, 4.69) is 103 Å². The molecule has 40 heavy (non-hydrogen) atoms. The van der Waals surface area contributed by atoms with Gasteiger partial charge >= 0.3 is 0 Å². The summed E-state index contributed by atoms with van der Waals surface area (Å²) in [7, 11) is 0. The molecule has 1 amide bonds. The summed E-state index contributed by atoms with van der Waals surface area (Å²) in [5, 5.41) is 10.2. The first-order valence-corrected chi connectivity index (χ1v) is 14.1. The predicted molar refractivity (Wildman–Crippen MR) is 166 cm³/mol. The number of nitrogens with one attached hydrogen (secondary N) is 1. The van der Waals surface area contributed by atoms with Crippen LogP contribution in [0.3, 0.4) is 0 Å². The Kier molecular flexibility index (Phi) is 7.45. The van der Waals surface area contributed by atoms with Crippen molar-refractivity contribution in [3.05, 3.63) is 138 Å². The molecule has 0 saturated carbocycles. The Morgan fingerprint density at radius 1 is 0.700 bits per heavy atom. The Balaban J connectivity index is 1.33. The average molecular weight is 524 g/mol. The summed E-state index contributed by atoms with van der Waals surface area (Å²) >= 11 is 0. The summed E-state index contributed by atoms with van der Waals surface area (Å²) in [6.07, 6.45) is 1.63. The van der Waals surface area contributed by atoms with Crippen molar-refractivity contribution < 1.29 is 9.53 Å². The van der Waals surface area contributed by atoms with Crippen molar-refractivity contribution in [3.8, 4) is 5.75 Å². The molecule has 1 unspecified atom stereocenters. The average Bonchev–Trinajstić information content (AvgIpc) is 3.01. The van der Waals surface area contributed by atoms with Gasteiger partial charge in [-0.1, -0.05) is 129 Å². The molecule has 0 spiro atoms. The number of hydrogen-bond acceptors (Lipinski definition) is 2. The number of amides is 1. The summed E-state index contributed by atoms with van der Waals surface area (Å²) in [5.41, 5.74) is 3.16. The Bertz CT molecular complexity index is 1790. The van der Waals surface area contributed by atoms with E-state index in [1.165, 1.54) is 21.5 Å². The van der Waals surface area contributed by atoms with Crippen molar-refractivity contribution in [2.24, 2.45) is 0 Å². The third-order valence-corrected chi connectivity index (χ3v) is 7.71. The van der Waals surface area contributed by atoms with Crippen LogP contribution in [0.2, 0.25) is 0 Å². The minimum absolute atomic E-state index is 0.0268. The van der Waals surface area contributed by atoms with Crippen molar-refractivity contribution >= 4 is 38.2 Å². The molecule has 0 aliphatic rings. The molecular formula is C37H33NO2. The van der Waals surface area contributed by atoms with Gasteiger partial charge in [0.25, 0.3) is 0 Å². The molecule has 0 heterocycles. The minimum atomic E-state index is -0.313. The Morgan fingerprint density at radius 2 is 1.35 bits per heavy atom. The molecule has 0 aliphatic heterocycles. The highest BCUT2D eigenvalue weighted by Gasteiger charge is 2.25. The largest absolute Gasteiger partial charge is 0.488 e. The number of benzene rings is 6. The first-order valence-electron chi connectivity index (χ1n) is 14.1. The number of fused-ring (bicyclic) bond motifs is 4. The molecule has 198 valence electrons. The van der Waals surface area contributed by atoms with E-state index in [-0.39, 0.29) is 11.8 Å². The fraction of sp³-hybridized carbons (Fsp3) is 0.162. The van der Waals surface area contributed by atoms with Gasteiger partial charge < -0.3 is 10.1 Å². The van der Waals surface area contributed by atoms with Gasteiger partial charge in [-0.25, -0.2) is 0 Å². The molecule has 1 N–H and O–H groups in total. The number of rotatable bonds is 9. The second-order valence-corrected chi connectivity index (χ2v) is 10.3. The van der Waals surface area contributed by atoms with Gasteiger partial charge in [-0.05, 0) is 50.5 Å². The lowest BCUT2D eigenvalue weighted by Crippen LogP contribution is -2.29. The fourth-order valence-electron chi connectivity index (χ4n) is 5.73. The second-order valence-electron chi connectivity index (χ2n) is 10.3. The van der Waals surface area contributed by atoms with Gasteiger partial charge in [0.2, 0.25) is 5.91 Å². The van der Waals surface area contributed by atoms with Crippen molar-refractivity contribution in [1.29, 1.82) is 0 Å². The highest BCUT2D eigenvalue weighted by molar-refractivity contribution is 6.09. The van der Waals surface area contributed by atoms with E-state index in [1.54, 1.807) is 0 Å². The maximum absolute atomic E-state index is 13.9. The second kappa shape index (κ2) is 11.6. The summed E-state index contributed by atoms with van der Waals surface area (Å²) in [6, 6.07) is 41.7. The summed E-state index contributed by atoms with van der Waals surface area (Å²) in [4.78, 5) is 13.9. The van der Waals surface area contributed by atoms with Crippen LogP contribution in [-0.4, -0.2) is 5.91 Å². The molecule has 6 aromatic carbocycles. The number of carbonyl (C=O) groups excluding carboxylic acids is 1. The zero-order valence-corrected chi connectivity index (χ0v) is 22.8. The number of hydrogen-bond donors (Lipinski definition) is 1. The van der Waals surface area contributed by atoms with Gasteiger partial charge in [-0.2, -0.15) is 0 Å². The molecule has 3 nitrogen and oxygen atoms in total. The van der Waals surface area contributed by atoms with E-state index < -0.39 is 0 Å². The smallest absolute Gasteiger partial charge is 0.227 e. The molecule has 0 bridgehead atoms. The quantitative estimate of drug-likeness (QED) is 0.192. The van der Waals surface area contributed by atoms with Crippen LogP contribution in [0.5, 0.6) is 5.75 Å². The molecule has 0 aromatic heterocycles. The molecule has 0 aliphatic carbocycles. The van der Waals surface area contributed by atoms with Gasteiger partial charge in [0.05, 0.1) is 5.92 Å². The van der Waals surface area contributed by atoms with E-state index >= 15 is 0 Å². The third-order valence-electron chi connectivity index (χ3n) is 7.71. The molecule has 1 atom stereocenters. The Morgan fingerprint density at radius 3 is 2.12 bits per heavy atom. The lowest BCUT2D eigenvalue weighted by molar-refractivity contribution is -0.122. The molecule has 3 heteroatoms. The number of carbonyl (C=O) groups is 1. The van der Waals surface area contributed by atoms with Gasteiger partial charge in [-0.3, -0.25) is 4.79 Å². The van der Waals surface area contributed by atoms with Crippen molar-refractivity contribution in [3.63, 3.8) is 0 Å². The third kappa shape index (κ3) is 5.15. The Labute approximate surface area is 235 Å². The standard InChI is InChI=1S/C37H33NO2/c1-2-12-35(34-22-21-27-15-6-9-19-32(27)36(34)40-25-26-13-4-3-5-14-26)37(39)38-24-29-23-28-16-7-8-17-30(28)33-20-11-10-18-31(29)33/h3-11,13-23,35H,2,12,24-25H2,1H3,(H,38,39). The van der Waals surface area contributed by atoms with E-state index in [0.29, 0.717) is 13.2 Å². The SMILES string of the molecule is CCCC(C(=O)NCc1cc2ccccc2c2ccccc12)c1ccc2ccccc2c1OCc1ccccc1. The first kappa shape index (κ1) is 25.6. The predicted octanol–water partition coefficient (Wildman–Crippen LogP) is 8.93. The summed E-state index contributed by atoms with van der Waals surface area (Å²) in [6.45, 7) is 3.05. The monoisotopic (exact) mass is 523 g/mol. The molecule has 0 fully saturated rings. The van der Waals surface area contributed by atoms with Gasteiger partial charge in [0, 0.05) is 17.5 Å². The van der Waals surface area contributed by atoms with E-state index in [9.17, 15) is 4.79 Å². The number of ether oxygens (including phenoxy) is 1. The van der Waals surface area contributed by atoms with Crippen LogP contribution in [0.25, 0.3) is 32.3 Å².